The summed E-state index contributed by atoms with van der Waals surface area (Å²) in [7, 11) is 0. The summed E-state index contributed by atoms with van der Waals surface area (Å²) in [6, 6.07) is 7.13. The van der Waals surface area contributed by atoms with Gasteiger partial charge in [-0.2, -0.15) is 0 Å². The Bertz CT molecular complexity index is 477. The molecule has 0 spiro atoms. The fraction of sp³-hybridized carbons (Fsp3) is 0. The molecular weight excluding hydrogens is 214 g/mol. The van der Waals surface area contributed by atoms with E-state index in [-0.39, 0.29) is 11.7 Å². The van der Waals surface area contributed by atoms with Gasteiger partial charge in [0.2, 0.25) is 0 Å². The van der Waals surface area contributed by atoms with Crippen LogP contribution in [0.4, 0.5) is 0 Å². The Labute approximate surface area is 91.7 Å². The van der Waals surface area contributed by atoms with Gasteiger partial charge >= 0.3 is 0 Å². The minimum absolute atomic E-state index is 0.0556. The van der Waals surface area contributed by atoms with Crippen LogP contribution in [0.25, 0.3) is 6.08 Å². The fourth-order valence-corrected chi connectivity index (χ4v) is 1.51. The Morgan fingerprint density at radius 1 is 1.40 bits per heavy atom. The molecule has 1 aromatic rings. The summed E-state index contributed by atoms with van der Waals surface area (Å²) in [5.74, 6) is -0.374. The van der Waals surface area contributed by atoms with E-state index in [1.165, 1.54) is 0 Å². The van der Waals surface area contributed by atoms with Crippen molar-refractivity contribution < 1.29 is 9.90 Å². The molecule has 1 aromatic carbocycles. The molecule has 0 bridgehead atoms. The molecule has 0 aliphatic carbocycles. The number of carbonyl (C=O) groups is 1. The highest BCUT2D eigenvalue weighted by molar-refractivity contribution is 6.30. The van der Waals surface area contributed by atoms with Crippen LogP contribution < -0.4 is 5.32 Å². The Kier molecular flexibility index (Phi) is 2.47. The molecule has 4 heteroatoms. The summed E-state index contributed by atoms with van der Waals surface area (Å²) < 4.78 is 0. The van der Waals surface area contributed by atoms with Crippen molar-refractivity contribution in [3.8, 4) is 0 Å². The molecule has 0 saturated heterocycles. The maximum absolute atomic E-state index is 10.9. The van der Waals surface area contributed by atoms with Crippen LogP contribution >= 0.6 is 11.6 Å². The molecule has 0 atom stereocenters. The smallest absolute Gasteiger partial charge is 0.252 e. The molecule has 0 saturated carbocycles. The zero-order valence-corrected chi connectivity index (χ0v) is 8.45. The predicted octanol–water partition coefficient (Wildman–Crippen LogP) is 2.25. The van der Waals surface area contributed by atoms with Crippen LogP contribution in [-0.4, -0.2) is 11.0 Å². The highest BCUT2D eigenvalue weighted by Crippen LogP contribution is 2.17. The van der Waals surface area contributed by atoms with Crippen LogP contribution in [-0.2, 0) is 4.79 Å². The van der Waals surface area contributed by atoms with E-state index in [0.717, 1.165) is 11.6 Å². The maximum Gasteiger partial charge on any atom is 0.252 e. The maximum atomic E-state index is 10.9. The van der Waals surface area contributed by atoms with E-state index in [2.05, 4.69) is 5.32 Å². The zero-order valence-electron chi connectivity index (χ0n) is 7.70. The molecular formula is C11H8ClNO2. The third-order valence-electron chi connectivity index (χ3n) is 1.96. The molecule has 1 aliphatic rings. The van der Waals surface area contributed by atoms with Crippen LogP contribution in [0, 0.1) is 0 Å². The van der Waals surface area contributed by atoms with E-state index in [1.54, 1.807) is 24.3 Å². The van der Waals surface area contributed by atoms with Gasteiger partial charge in [-0.3, -0.25) is 4.79 Å². The largest absolute Gasteiger partial charge is 0.506 e. The number of nitrogens with one attached hydrogen (secondary N) is 1. The minimum Gasteiger partial charge on any atom is -0.506 e. The third-order valence-corrected chi connectivity index (χ3v) is 2.20. The monoisotopic (exact) mass is 221 g/mol. The van der Waals surface area contributed by atoms with Crippen LogP contribution in [0.2, 0.25) is 5.02 Å². The number of halogens is 1. The van der Waals surface area contributed by atoms with Crippen molar-refractivity contribution in [3.05, 3.63) is 52.4 Å². The second-order valence-electron chi connectivity index (χ2n) is 3.13. The predicted molar refractivity (Wildman–Crippen MR) is 58.3 cm³/mol. The van der Waals surface area contributed by atoms with Crippen molar-refractivity contribution in [1.29, 1.82) is 0 Å². The Morgan fingerprint density at radius 2 is 2.20 bits per heavy atom. The van der Waals surface area contributed by atoms with Gasteiger partial charge in [0, 0.05) is 11.1 Å². The molecule has 3 nitrogen and oxygen atoms in total. The van der Waals surface area contributed by atoms with Crippen LogP contribution in [0.15, 0.2) is 41.8 Å². The number of carbonyl (C=O) groups excluding carboxylic acids is 1. The summed E-state index contributed by atoms with van der Waals surface area (Å²) in [5, 5.41) is 12.5. The number of rotatable bonds is 1. The average Bonchev–Trinajstić information content (AvgIpc) is 2.45. The summed E-state index contributed by atoms with van der Waals surface area (Å²) >= 11 is 5.80. The Morgan fingerprint density at radius 3 is 2.80 bits per heavy atom. The lowest BCUT2D eigenvalue weighted by Crippen LogP contribution is -2.13. The molecule has 2 rings (SSSR count). The van der Waals surface area contributed by atoms with Gasteiger partial charge < -0.3 is 10.4 Å². The number of hydrogen-bond acceptors (Lipinski definition) is 2. The summed E-state index contributed by atoms with van der Waals surface area (Å²) in [5.41, 5.74) is 1.21. The van der Waals surface area contributed by atoms with Crippen molar-refractivity contribution in [2.24, 2.45) is 0 Å². The Balaban J connectivity index is 2.32. The first-order valence-electron chi connectivity index (χ1n) is 4.34. The van der Waals surface area contributed by atoms with Gasteiger partial charge in [-0.25, -0.2) is 0 Å². The van der Waals surface area contributed by atoms with Gasteiger partial charge in [0.05, 0.1) is 5.70 Å². The lowest BCUT2D eigenvalue weighted by molar-refractivity contribution is -0.115. The number of amides is 1. The van der Waals surface area contributed by atoms with Gasteiger partial charge in [-0.15, -0.1) is 0 Å². The summed E-state index contributed by atoms with van der Waals surface area (Å²) in [6.07, 6.45) is 2.79. The van der Waals surface area contributed by atoms with E-state index in [1.807, 2.05) is 6.07 Å². The fourth-order valence-electron chi connectivity index (χ4n) is 1.31. The second kappa shape index (κ2) is 3.79. The van der Waals surface area contributed by atoms with Crippen molar-refractivity contribution in [3.63, 3.8) is 0 Å². The van der Waals surface area contributed by atoms with Gasteiger partial charge in [0.15, 0.2) is 0 Å². The topological polar surface area (TPSA) is 49.3 Å². The first-order chi connectivity index (χ1) is 7.15. The average molecular weight is 222 g/mol. The number of benzene rings is 1. The lowest BCUT2D eigenvalue weighted by Gasteiger charge is -2.00. The lowest BCUT2D eigenvalue weighted by atomic mass is 10.2. The van der Waals surface area contributed by atoms with E-state index in [4.69, 9.17) is 11.6 Å². The second-order valence-corrected chi connectivity index (χ2v) is 3.57. The van der Waals surface area contributed by atoms with Gasteiger partial charge in [-0.1, -0.05) is 23.7 Å². The standard InChI is InChI=1S/C11H8ClNO2/c12-8-3-1-2-7(4-8)5-9-10(14)6-11(15)13-9/h1-6,14H,(H,13,15)/b9-5+. The molecule has 15 heavy (non-hydrogen) atoms. The van der Waals surface area contributed by atoms with E-state index in [0.29, 0.717) is 10.7 Å². The molecule has 1 aliphatic heterocycles. The van der Waals surface area contributed by atoms with Crippen LogP contribution in [0.3, 0.4) is 0 Å². The first-order valence-corrected chi connectivity index (χ1v) is 4.72. The van der Waals surface area contributed by atoms with E-state index in [9.17, 15) is 9.90 Å². The highest BCUT2D eigenvalue weighted by atomic mass is 35.5. The number of hydrogen-bond donors (Lipinski definition) is 2. The molecule has 0 fully saturated rings. The number of aliphatic hydroxyl groups is 1. The molecule has 76 valence electrons. The molecule has 0 aromatic heterocycles. The van der Waals surface area contributed by atoms with E-state index < -0.39 is 0 Å². The summed E-state index contributed by atoms with van der Waals surface area (Å²) in [6.45, 7) is 0. The molecule has 0 radical (unpaired) electrons. The first kappa shape index (κ1) is 9.80. The zero-order chi connectivity index (χ0) is 10.8. The molecule has 1 heterocycles. The highest BCUT2D eigenvalue weighted by Gasteiger charge is 2.15. The SMILES string of the molecule is O=C1C=C(O)/C(=C\c2cccc(Cl)c2)N1. The van der Waals surface area contributed by atoms with Crippen molar-refractivity contribution >= 4 is 23.6 Å². The van der Waals surface area contributed by atoms with Crippen molar-refractivity contribution in [2.75, 3.05) is 0 Å². The quantitative estimate of drug-likeness (QED) is 0.764. The molecule has 1 amide bonds. The summed E-state index contributed by atoms with van der Waals surface area (Å²) in [4.78, 5) is 10.9. The minimum atomic E-state index is -0.319. The van der Waals surface area contributed by atoms with Gasteiger partial charge in [0.1, 0.15) is 5.76 Å². The van der Waals surface area contributed by atoms with Crippen molar-refractivity contribution in [1.82, 2.24) is 5.32 Å². The Hall–Kier alpha value is -1.74. The van der Waals surface area contributed by atoms with Crippen molar-refractivity contribution in [2.45, 2.75) is 0 Å². The van der Waals surface area contributed by atoms with Gasteiger partial charge in [0.25, 0.3) is 5.91 Å². The third kappa shape index (κ3) is 2.19. The molecule has 2 N–H and O–H groups in total. The molecule has 0 unspecified atom stereocenters. The number of aliphatic hydroxyl groups excluding tert-OH is 1. The normalized spacial score (nSPS) is 17.8. The van der Waals surface area contributed by atoms with E-state index >= 15 is 0 Å². The van der Waals surface area contributed by atoms with Gasteiger partial charge in [-0.05, 0) is 23.8 Å². The van der Waals surface area contributed by atoms with Crippen LogP contribution in [0.1, 0.15) is 5.56 Å². The van der Waals surface area contributed by atoms with Crippen LogP contribution in [0.5, 0.6) is 0 Å².